The second-order valence-electron chi connectivity index (χ2n) is 8.27. The Kier molecular flexibility index (Phi) is 5.53. The first kappa shape index (κ1) is 20.4. The number of benzene rings is 2. The molecule has 0 bridgehead atoms. The normalized spacial score (nSPS) is 16.5. The zero-order valence-corrected chi connectivity index (χ0v) is 17.8. The van der Waals surface area contributed by atoms with Gasteiger partial charge in [0, 0.05) is 17.9 Å². The van der Waals surface area contributed by atoms with Crippen LogP contribution in [0, 0.1) is 0 Å². The fraction of sp³-hybridized carbons (Fsp3) is 0.458. The molecule has 0 unspecified atom stereocenters. The zero-order chi connectivity index (χ0) is 20.5. The Bertz CT molecular complexity index is 853. The largest absolute Gasteiger partial charge is 0.462 e. The Morgan fingerprint density at radius 3 is 2.14 bits per heavy atom. The number of ether oxygens (including phenoxy) is 2. The number of rotatable bonds is 6. The molecule has 0 spiro atoms. The van der Waals surface area contributed by atoms with Crippen LogP contribution in [-0.2, 0) is 20.7 Å². The maximum absolute atomic E-state index is 11.9. The Morgan fingerprint density at radius 2 is 1.54 bits per heavy atom. The molecular formula is C24H31NO3. The van der Waals surface area contributed by atoms with Gasteiger partial charge < -0.3 is 14.4 Å². The quantitative estimate of drug-likeness (QED) is 0.583. The van der Waals surface area contributed by atoms with Crippen LogP contribution in [0.2, 0.25) is 0 Å². The highest BCUT2D eigenvalue weighted by Crippen LogP contribution is 2.48. The maximum Gasteiger partial charge on any atom is 0.338 e. The highest BCUT2D eigenvalue weighted by atomic mass is 16.5. The molecule has 2 aromatic carbocycles. The summed E-state index contributed by atoms with van der Waals surface area (Å²) < 4.78 is 11.4. The van der Waals surface area contributed by atoms with Crippen LogP contribution in [0.1, 0.15) is 69.4 Å². The first-order valence-corrected chi connectivity index (χ1v) is 10.1. The van der Waals surface area contributed by atoms with E-state index in [0.29, 0.717) is 12.2 Å². The van der Waals surface area contributed by atoms with Gasteiger partial charge >= 0.3 is 5.97 Å². The molecule has 0 aromatic heterocycles. The molecule has 1 aliphatic rings. The van der Waals surface area contributed by atoms with Crippen LogP contribution >= 0.6 is 0 Å². The number of fused-ring (bicyclic) bond motifs is 1. The predicted molar refractivity (Wildman–Crippen MR) is 113 cm³/mol. The first-order chi connectivity index (χ1) is 13.2. The molecule has 0 amide bonds. The van der Waals surface area contributed by atoms with Crippen molar-refractivity contribution >= 4 is 17.3 Å². The van der Waals surface area contributed by atoms with Crippen LogP contribution in [0.15, 0.2) is 42.5 Å². The molecule has 1 aliphatic heterocycles. The van der Waals surface area contributed by atoms with Gasteiger partial charge in [-0.2, -0.15) is 0 Å². The molecule has 0 aliphatic carbocycles. The second kappa shape index (κ2) is 7.59. The minimum Gasteiger partial charge on any atom is -0.462 e. The van der Waals surface area contributed by atoms with E-state index in [9.17, 15) is 4.79 Å². The van der Waals surface area contributed by atoms with E-state index in [1.807, 2.05) is 31.2 Å². The molecule has 150 valence electrons. The summed E-state index contributed by atoms with van der Waals surface area (Å²) in [5.74, 6) is -0.283. The smallest absolute Gasteiger partial charge is 0.338 e. The number of carbonyl (C=O) groups is 1. The average molecular weight is 382 g/mol. The lowest BCUT2D eigenvalue weighted by molar-refractivity contribution is -0.105. The van der Waals surface area contributed by atoms with Crippen molar-refractivity contribution in [3.8, 4) is 0 Å². The van der Waals surface area contributed by atoms with Crippen molar-refractivity contribution in [2.75, 3.05) is 18.1 Å². The lowest BCUT2D eigenvalue weighted by Gasteiger charge is -2.27. The predicted octanol–water partition coefficient (Wildman–Crippen LogP) is 5.91. The monoisotopic (exact) mass is 381 g/mol. The summed E-state index contributed by atoms with van der Waals surface area (Å²) in [6.45, 7) is 13.8. The minimum atomic E-state index is -0.319. The van der Waals surface area contributed by atoms with Gasteiger partial charge in [-0.25, -0.2) is 4.79 Å². The Morgan fingerprint density at radius 1 is 0.929 bits per heavy atom. The third kappa shape index (κ3) is 3.79. The first-order valence-electron chi connectivity index (χ1n) is 10.1. The van der Waals surface area contributed by atoms with E-state index in [4.69, 9.17) is 9.47 Å². The fourth-order valence-electron chi connectivity index (χ4n) is 4.09. The molecule has 4 nitrogen and oxygen atoms in total. The van der Waals surface area contributed by atoms with Gasteiger partial charge in [-0.05, 0) is 88.6 Å². The van der Waals surface area contributed by atoms with Crippen molar-refractivity contribution in [2.24, 2.45) is 0 Å². The highest BCUT2D eigenvalue weighted by Gasteiger charge is 2.43. The fourth-order valence-corrected chi connectivity index (χ4v) is 4.09. The zero-order valence-electron chi connectivity index (χ0n) is 17.8. The molecular weight excluding hydrogens is 350 g/mol. The van der Waals surface area contributed by atoms with Gasteiger partial charge in [0.1, 0.15) is 0 Å². The lowest BCUT2D eigenvalue weighted by Crippen LogP contribution is -2.22. The summed E-state index contributed by atoms with van der Waals surface area (Å²) in [6.07, 6.45) is 1.02. The molecule has 0 fully saturated rings. The lowest BCUT2D eigenvalue weighted by atomic mass is 9.90. The summed E-state index contributed by atoms with van der Waals surface area (Å²) in [5.41, 5.74) is 4.65. The molecule has 0 N–H and O–H groups in total. The summed E-state index contributed by atoms with van der Waals surface area (Å²) in [7, 11) is 0. The van der Waals surface area contributed by atoms with Crippen molar-refractivity contribution in [3.63, 3.8) is 0 Å². The van der Waals surface area contributed by atoms with Gasteiger partial charge in [-0.1, -0.05) is 13.0 Å². The number of hydrogen-bond donors (Lipinski definition) is 0. The van der Waals surface area contributed by atoms with Gasteiger partial charge in [0.2, 0.25) is 0 Å². The van der Waals surface area contributed by atoms with Gasteiger partial charge in [-0.15, -0.1) is 0 Å². The minimum absolute atomic E-state index is 0.283. The van der Waals surface area contributed by atoms with Crippen molar-refractivity contribution in [1.82, 2.24) is 0 Å². The van der Waals surface area contributed by atoms with Crippen molar-refractivity contribution in [2.45, 2.75) is 59.2 Å². The van der Waals surface area contributed by atoms with Gasteiger partial charge in [0.05, 0.1) is 23.4 Å². The number of nitrogens with zero attached hydrogens (tertiary/aromatic N) is 1. The standard InChI is InChI=1S/C24H31NO3/c1-7-15-25(18-11-9-17(10-12-18)22(26)27-8-2)19-13-14-20-21(16-19)24(5,6)28-23(20,3)4/h9-14,16H,7-8,15H2,1-6H3. The van der Waals surface area contributed by atoms with Crippen LogP contribution in [0.25, 0.3) is 0 Å². The third-order valence-electron chi connectivity index (χ3n) is 5.26. The molecule has 0 radical (unpaired) electrons. The van der Waals surface area contributed by atoms with E-state index in [2.05, 4.69) is 57.7 Å². The molecule has 28 heavy (non-hydrogen) atoms. The van der Waals surface area contributed by atoms with Crippen LogP contribution in [0.5, 0.6) is 0 Å². The maximum atomic E-state index is 11.9. The van der Waals surface area contributed by atoms with Crippen LogP contribution in [0.3, 0.4) is 0 Å². The van der Waals surface area contributed by atoms with E-state index >= 15 is 0 Å². The van der Waals surface area contributed by atoms with E-state index in [0.717, 1.165) is 24.3 Å². The van der Waals surface area contributed by atoms with Gasteiger partial charge in [-0.3, -0.25) is 0 Å². The molecule has 4 heteroatoms. The van der Waals surface area contributed by atoms with E-state index in [-0.39, 0.29) is 17.2 Å². The molecule has 0 saturated heterocycles. The topological polar surface area (TPSA) is 38.8 Å². The Hall–Kier alpha value is -2.33. The van der Waals surface area contributed by atoms with Gasteiger partial charge in [0.25, 0.3) is 0 Å². The average Bonchev–Trinajstić information content (AvgIpc) is 2.84. The number of anilines is 2. The van der Waals surface area contributed by atoms with E-state index in [1.54, 1.807) is 0 Å². The molecule has 0 saturated carbocycles. The SMILES string of the molecule is CCCN(c1ccc(C(=O)OCC)cc1)c1ccc2c(c1)C(C)(C)OC2(C)C. The van der Waals surface area contributed by atoms with E-state index < -0.39 is 0 Å². The van der Waals surface area contributed by atoms with Crippen LogP contribution < -0.4 is 4.90 Å². The summed E-state index contributed by atoms with van der Waals surface area (Å²) in [6, 6.07) is 14.2. The third-order valence-corrected chi connectivity index (χ3v) is 5.26. The van der Waals surface area contributed by atoms with E-state index in [1.165, 1.54) is 11.1 Å². The Labute approximate surface area is 168 Å². The number of carbonyl (C=O) groups excluding carboxylic acids is 1. The van der Waals surface area contributed by atoms with Crippen LogP contribution in [-0.4, -0.2) is 19.1 Å². The van der Waals surface area contributed by atoms with Crippen LogP contribution in [0.4, 0.5) is 11.4 Å². The molecule has 3 rings (SSSR count). The Balaban J connectivity index is 1.97. The second-order valence-corrected chi connectivity index (χ2v) is 8.27. The number of hydrogen-bond acceptors (Lipinski definition) is 4. The highest BCUT2D eigenvalue weighted by molar-refractivity contribution is 5.90. The van der Waals surface area contributed by atoms with Gasteiger partial charge in [0.15, 0.2) is 0 Å². The molecule has 0 atom stereocenters. The molecule has 1 heterocycles. The van der Waals surface area contributed by atoms with Crippen molar-refractivity contribution in [3.05, 3.63) is 59.2 Å². The van der Waals surface area contributed by atoms with Crippen molar-refractivity contribution < 1.29 is 14.3 Å². The summed E-state index contributed by atoms with van der Waals surface area (Å²) in [5, 5.41) is 0. The summed E-state index contributed by atoms with van der Waals surface area (Å²) in [4.78, 5) is 14.2. The van der Waals surface area contributed by atoms with Crippen molar-refractivity contribution in [1.29, 1.82) is 0 Å². The summed E-state index contributed by atoms with van der Waals surface area (Å²) >= 11 is 0. The molecule has 2 aromatic rings. The number of esters is 1.